The molecule has 0 saturated carbocycles. The zero-order valence-electron chi connectivity index (χ0n) is 22.2. The lowest BCUT2D eigenvalue weighted by Gasteiger charge is -2.27. The highest BCUT2D eigenvalue weighted by atomic mass is 32.2. The van der Waals surface area contributed by atoms with Gasteiger partial charge in [-0.3, -0.25) is 19.2 Å². The van der Waals surface area contributed by atoms with Crippen molar-refractivity contribution in [2.45, 2.75) is 63.7 Å². The average molecular weight is 564 g/mol. The second-order valence-corrected chi connectivity index (χ2v) is 10.6. The number of fused-ring (bicyclic) bond motifs is 1. The van der Waals surface area contributed by atoms with Crippen molar-refractivity contribution in [2.24, 2.45) is 11.7 Å². The number of thioether (sulfide) groups is 1. The molecule has 4 atom stereocenters. The van der Waals surface area contributed by atoms with Crippen LogP contribution in [0.25, 0.3) is 10.9 Å². The van der Waals surface area contributed by atoms with Crippen molar-refractivity contribution in [1.82, 2.24) is 20.9 Å². The molecule has 0 spiro atoms. The molecule has 3 amide bonds. The van der Waals surface area contributed by atoms with Gasteiger partial charge in [0.1, 0.15) is 18.1 Å². The molecule has 0 saturated heterocycles. The molecule has 12 nitrogen and oxygen atoms in total. The molecule has 0 aliphatic rings. The van der Waals surface area contributed by atoms with Crippen molar-refractivity contribution in [3.63, 3.8) is 0 Å². The molecule has 2 rings (SSSR count). The SMILES string of the molecule is CSCCC(NC(=O)C(CCC(=O)O)NC(=O)C(NC(=O)C(N)Cc1c[nH]c2ccccc12)C(C)C)C(=O)O. The van der Waals surface area contributed by atoms with E-state index in [0.717, 1.165) is 16.5 Å². The Labute approximate surface area is 230 Å². The van der Waals surface area contributed by atoms with E-state index in [4.69, 9.17) is 10.8 Å². The number of carboxylic acids is 2. The number of nitrogens with one attached hydrogen (secondary N) is 4. The van der Waals surface area contributed by atoms with Gasteiger partial charge in [-0.2, -0.15) is 11.8 Å². The first-order valence-electron chi connectivity index (χ1n) is 12.6. The van der Waals surface area contributed by atoms with Gasteiger partial charge in [0.25, 0.3) is 0 Å². The standard InChI is InChI=1S/C26H37N5O7S/c1-14(2)22(31-23(34)17(27)12-15-13-28-18-7-5-4-6-16(15)18)25(36)29-19(8-9-21(32)33)24(35)30-20(26(37)38)10-11-39-3/h4-7,13-14,17,19-20,22,28H,8-12,27H2,1-3H3,(H,29,36)(H,30,35)(H,31,34)(H,32,33)(H,37,38). The van der Waals surface area contributed by atoms with Crippen LogP contribution in [0.5, 0.6) is 0 Å². The fourth-order valence-electron chi connectivity index (χ4n) is 3.99. The number of aliphatic carboxylic acids is 2. The summed E-state index contributed by atoms with van der Waals surface area (Å²) in [4.78, 5) is 64.8. The van der Waals surface area contributed by atoms with Gasteiger partial charge >= 0.3 is 11.9 Å². The molecule has 1 heterocycles. The summed E-state index contributed by atoms with van der Waals surface area (Å²) in [5.41, 5.74) is 7.91. The van der Waals surface area contributed by atoms with E-state index in [2.05, 4.69) is 20.9 Å². The molecular weight excluding hydrogens is 526 g/mol. The Bertz CT molecular complexity index is 1170. The van der Waals surface area contributed by atoms with Crippen LogP contribution in [0.3, 0.4) is 0 Å². The Morgan fingerprint density at radius 3 is 2.23 bits per heavy atom. The molecule has 214 valence electrons. The third-order valence-corrected chi connectivity index (χ3v) is 6.85. The second-order valence-electron chi connectivity index (χ2n) is 9.57. The molecule has 39 heavy (non-hydrogen) atoms. The van der Waals surface area contributed by atoms with E-state index in [0.29, 0.717) is 5.75 Å². The molecule has 13 heteroatoms. The van der Waals surface area contributed by atoms with Gasteiger partial charge in [0.2, 0.25) is 17.7 Å². The molecule has 0 bridgehead atoms. The van der Waals surface area contributed by atoms with Crippen molar-refractivity contribution in [3.05, 3.63) is 36.0 Å². The largest absolute Gasteiger partial charge is 0.481 e. The number of hydrogen-bond donors (Lipinski definition) is 7. The van der Waals surface area contributed by atoms with E-state index >= 15 is 0 Å². The van der Waals surface area contributed by atoms with Gasteiger partial charge in [0, 0.05) is 23.5 Å². The zero-order chi connectivity index (χ0) is 29.1. The van der Waals surface area contributed by atoms with Crippen LogP contribution in [0.2, 0.25) is 0 Å². The number of para-hydroxylation sites is 1. The average Bonchev–Trinajstić information content (AvgIpc) is 3.29. The summed E-state index contributed by atoms with van der Waals surface area (Å²) >= 11 is 1.41. The molecule has 2 aromatic rings. The predicted molar refractivity (Wildman–Crippen MR) is 148 cm³/mol. The van der Waals surface area contributed by atoms with Crippen LogP contribution < -0.4 is 21.7 Å². The molecule has 1 aromatic carbocycles. The van der Waals surface area contributed by atoms with Crippen LogP contribution in [0.4, 0.5) is 0 Å². The van der Waals surface area contributed by atoms with Gasteiger partial charge in [-0.15, -0.1) is 0 Å². The highest BCUT2D eigenvalue weighted by Crippen LogP contribution is 2.19. The molecule has 0 aliphatic carbocycles. The Kier molecular flexibility index (Phi) is 12.3. The monoisotopic (exact) mass is 563 g/mol. The molecule has 1 aromatic heterocycles. The lowest BCUT2D eigenvalue weighted by atomic mass is 10.00. The van der Waals surface area contributed by atoms with Crippen molar-refractivity contribution >= 4 is 52.3 Å². The Morgan fingerprint density at radius 2 is 1.62 bits per heavy atom. The number of H-pyrrole nitrogens is 1. The van der Waals surface area contributed by atoms with Crippen LogP contribution in [-0.4, -0.2) is 81.0 Å². The number of rotatable bonds is 16. The number of aromatic nitrogens is 1. The number of carbonyl (C=O) groups excluding carboxylic acids is 3. The smallest absolute Gasteiger partial charge is 0.326 e. The van der Waals surface area contributed by atoms with E-state index in [-0.39, 0.29) is 19.3 Å². The van der Waals surface area contributed by atoms with Crippen LogP contribution in [-0.2, 0) is 30.4 Å². The third-order valence-electron chi connectivity index (χ3n) is 6.20. The van der Waals surface area contributed by atoms with Crippen molar-refractivity contribution in [3.8, 4) is 0 Å². The number of carboxylic acid groups (broad SMARTS) is 2. The number of aromatic amines is 1. The van der Waals surface area contributed by atoms with Crippen LogP contribution in [0, 0.1) is 5.92 Å². The summed E-state index contributed by atoms with van der Waals surface area (Å²) in [6.45, 7) is 3.40. The zero-order valence-corrected chi connectivity index (χ0v) is 23.0. The topological polar surface area (TPSA) is 204 Å². The predicted octanol–water partition coefficient (Wildman–Crippen LogP) is 0.851. The van der Waals surface area contributed by atoms with Gasteiger partial charge in [-0.1, -0.05) is 32.0 Å². The van der Waals surface area contributed by atoms with Gasteiger partial charge in [-0.05, 0) is 48.8 Å². The van der Waals surface area contributed by atoms with Crippen molar-refractivity contribution in [2.75, 3.05) is 12.0 Å². The maximum atomic E-state index is 13.2. The van der Waals surface area contributed by atoms with E-state index in [1.807, 2.05) is 24.3 Å². The fourth-order valence-corrected chi connectivity index (χ4v) is 4.46. The highest BCUT2D eigenvalue weighted by Gasteiger charge is 2.32. The molecule has 4 unspecified atom stereocenters. The third kappa shape index (κ3) is 9.59. The number of carbonyl (C=O) groups is 5. The normalized spacial score (nSPS) is 14.3. The molecule has 0 aliphatic heterocycles. The Hall–Kier alpha value is -3.58. The minimum Gasteiger partial charge on any atom is -0.481 e. The summed E-state index contributed by atoms with van der Waals surface area (Å²) in [6.07, 6.45) is 3.25. The number of hydrogen-bond acceptors (Lipinski definition) is 7. The summed E-state index contributed by atoms with van der Waals surface area (Å²) in [5, 5.41) is 27.0. The molecule has 0 fully saturated rings. The number of benzene rings is 1. The molecular formula is C26H37N5O7S. The highest BCUT2D eigenvalue weighted by molar-refractivity contribution is 7.98. The maximum absolute atomic E-state index is 13.2. The maximum Gasteiger partial charge on any atom is 0.326 e. The van der Waals surface area contributed by atoms with E-state index < -0.39 is 66.2 Å². The summed E-state index contributed by atoms with van der Waals surface area (Å²) in [7, 11) is 0. The molecule has 8 N–H and O–H groups in total. The van der Waals surface area contributed by atoms with Crippen LogP contribution in [0.1, 0.15) is 38.7 Å². The first-order valence-corrected chi connectivity index (χ1v) is 14.0. The summed E-state index contributed by atoms with van der Waals surface area (Å²) in [5.74, 6) is -4.44. The summed E-state index contributed by atoms with van der Waals surface area (Å²) in [6, 6.07) is 3.03. The second kappa shape index (κ2) is 15.1. The fraction of sp³-hybridized carbons (Fsp3) is 0.500. The lowest BCUT2D eigenvalue weighted by molar-refractivity contribution is -0.143. The first kappa shape index (κ1) is 31.6. The Balaban J connectivity index is 2.11. The van der Waals surface area contributed by atoms with Gasteiger partial charge < -0.3 is 36.9 Å². The number of nitrogens with two attached hydrogens (primary N) is 1. The lowest BCUT2D eigenvalue weighted by Crippen LogP contribution is -2.58. The van der Waals surface area contributed by atoms with Gasteiger partial charge in [0.15, 0.2) is 0 Å². The van der Waals surface area contributed by atoms with E-state index in [1.54, 1.807) is 26.3 Å². The van der Waals surface area contributed by atoms with Crippen LogP contribution >= 0.6 is 11.8 Å². The van der Waals surface area contributed by atoms with Crippen molar-refractivity contribution in [1.29, 1.82) is 0 Å². The minimum atomic E-state index is -1.32. The first-order chi connectivity index (χ1) is 18.4. The summed E-state index contributed by atoms with van der Waals surface area (Å²) < 4.78 is 0. The van der Waals surface area contributed by atoms with Crippen molar-refractivity contribution < 1.29 is 34.2 Å². The van der Waals surface area contributed by atoms with E-state index in [9.17, 15) is 29.1 Å². The van der Waals surface area contributed by atoms with Crippen LogP contribution in [0.15, 0.2) is 30.5 Å². The van der Waals surface area contributed by atoms with Gasteiger partial charge in [-0.25, -0.2) is 4.79 Å². The number of amides is 3. The van der Waals surface area contributed by atoms with Gasteiger partial charge in [0.05, 0.1) is 6.04 Å². The quantitative estimate of drug-likeness (QED) is 0.154. The molecule has 0 radical (unpaired) electrons. The minimum absolute atomic E-state index is 0.154. The van der Waals surface area contributed by atoms with E-state index in [1.165, 1.54) is 11.8 Å². The Morgan fingerprint density at radius 1 is 0.949 bits per heavy atom.